The van der Waals surface area contributed by atoms with Crippen molar-refractivity contribution in [2.24, 2.45) is 5.73 Å². The summed E-state index contributed by atoms with van der Waals surface area (Å²) in [7, 11) is 0. The van der Waals surface area contributed by atoms with Crippen LogP contribution in [0.4, 0.5) is 0 Å². The molecule has 3 N–H and O–H groups in total. The number of carbonyl (C=O) groups excluding carboxylic acids is 1. The molecule has 0 bridgehead atoms. The molecular weight excluding hydrogens is 248 g/mol. The predicted octanol–water partition coefficient (Wildman–Crippen LogP) is 2.28. The second kappa shape index (κ2) is 8.95. The highest BCUT2D eigenvalue weighted by molar-refractivity contribution is 5.85. The Labute approximate surface area is 116 Å². The minimum absolute atomic E-state index is 0. The average molecular weight is 271 g/mol. The van der Waals surface area contributed by atoms with Crippen LogP contribution < -0.4 is 11.1 Å². The van der Waals surface area contributed by atoms with Crippen LogP contribution in [0.1, 0.15) is 32.3 Å². The van der Waals surface area contributed by atoms with E-state index >= 15 is 0 Å². The smallest absolute Gasteiger partial charge is 0.236 e. The van der Waals surface area contributed by atoms with Gasteiger partial charge in [0.15, 0.2) is 0 Å². The number of nitrogens with one attached hydrogen (secondary N) is 1. The van der Waals surface area contributed by atoms with E-state index in [0.717, 1.165) is 19.3 Å². The van der Waals surface area contributed by atoms with Crippen LogP contribution in [0.5, 0.6) is 0 Å². The summed E-state index contributed by atoms with van der Waals surface area (Å²) in [6.07, 6.45) is 2.90. The van der Waals surface area contributed by atoms with Crippen molar-refractivity contribution in [2.75, 3.05) is 0 Å². The molecule has 0 radical (unpaired) electrons. The van der Waals surface area contributed by atoms with Gasteiger partial charge in [0, 0.05) is 6.04 Å². The highest BCUT2D eigenvalue weighted by atomic mass is 35.5. The van der Waals surface area contributed by atoms with Crippen molar-refractivity contribution in [1.29, 1.82) is 0 Å². The number of hydrogen-bond acceptors (Lipinski definition) is 2. The van der Waals surface area contributed by atoms with Crippen LogP contribution in [0.3, 0.4) is 0 Å². The zero-order valence-corrected chi connectivity index (χ0v) is 11.9. The lowest BCUT2D eigenvalue weighted by Gasteiger charge is -2.19. The van der Waals surface area contributed by atoms with E-state index in [0.29, 0.717) is 0 Å². The van der Waals surface area contributed by atoms with E-state index in [1.165, 1.54) is 5.56 Å². The number of amides is 1. The van der Waals surface area contributed by atoms with Crippen molar-refractivity contribution in [2.45, 2.75) is 45.2 Å². The maximum Gasteiger partial charge on any atom is 0.236 e. The summed E-state index contributed by atoms with van der Waals surface area (Å²) >= 11 is 0. The van der Waals surface area contributed by atoms with Crippen molar-refractivity contribution in [3.8, 4) is 0 Å². The van der Waals surface area contributed by atoms with E-state index in [4.69, 9.17) is 5.73 Å². The van der Waals surface area contributed by atoms with Crippen LogP contribution in [0.15, 0.2) is 30.3 Å². The van der Waals surface area contributed by atoms with Crippen LogP contribution in [0.25, 0.3) is 0 Å². The molecular formula is C14H23ClN2O. The first-order chi connectivity index (χ1) is 8.13. The number of benzene rings is 1. The molecule has 0 heterocycles. The Morgan fingerprint density at radius 1 is 1.33 bits per heavy atom. The lowest BCUT2D eigenvalue weighted by Crippen LogP contribution is -2.44. The van der Waals surface area contributed by atoms with Gasteiger partial charge in [-0.3, -0.25) is 4.79 Å². The molecule has 0 fully saturated rings. The van der Waals surface area contributed by atoms with Gasteiger partial charge in [-0.25, -0.2) is 0 Å². The van der Waals surface area contributed by atoms with Gasteiger partial charge in [-0.2, -0.15) is 0 Å². The molecule has 0 saturated heterocycles. The Kier molecular flexibility index (Phi) is 8.42. The summed E-state index contributed by atoms with van der Waals surface area (Å²) in [6, 6.07) is 9.95. The summed E-state index contributed by atoms with van der Waals surface area (Å²) < 4.78 is 0. The Balaban J connectivity index is 0.00000289. The number of hydrogen-bond donors (Lipinski definition) is 2. The van der Waals surface area contributed by atoms with Crippen molar-refractivity contribution in [3.63, 3.8) is 0 Å². The second-order valence-corrected chi connectivity index (χ2v) is 4.47. The first-order valence-corrected chi connectivity index (χ1v) is 6.23. The van der Waals surface area contributed by atoms with Gasteiger partial charge in [-0.1, -0.05) is 43.7 Å². The van der Waals surface area contributed by atoms with Gasteiger partial charge in [0.05, 0.1) is 6.04 Å². The van der Waals surface area contributed by atoms with Crippen molar-refractivity contribution in [3.05, 3.63) is 35.9 Å². The standard InChI is InChI=1S/C14H22N2O.ClH/c1-3-7-13(16-14(17)11(2)15)10-12-8-5-4-6-9-12;/h4-6,8-9,11,13H,3,7,10,15H2,1-2H3,(H,16,17);1H/t11-,13?;/m0./s1. The van der Waals surface area contributed by atoms with Crippen LogP contribution in [-0.2, 0) is 11.2 Å². The van der Waals surface area contributed by atoms with Gasteiger partial charge in [-0.15, -0.1) is 12.4 Å². The molecule has 102 valence electrons. The topological polar surface area (TPSA) is 55.1 Å². The highest BCUT2D eigenvalue weighted by Gasteiger charge is 2.14. The summed E-state index contributed by atoms with van der Waals surface area (Å²) in [5.74, 6) is -0.0700. The van der Waals surface area contributed by atoms with Gasteiger partial charge >= 0.3 is 0 Å². The number of carbonyl (C=O) groups is 1. The third-order valence-electron chi connectivity index (χ3n) is 2.72. The van der Waals surface area contributed by atoms with Crippen molar-refractivity contribution < 1.29 is 4.79 Å². The van der Waals surface area contributed by atoms with E-state index in [9.17, 15) is 4.79 Å². The first kappa shape index (κ1) is 16.9. The molecule has 0 aliphatic carbocycles. The van der Waals surface area contributed by atoms with Crippen LogP contribution in [0, 0.1) is 0 Å². The quantitative estimate of drug-likeness (QED) is 0.833. The second-order valence-electron chi connectivity index (χ2n) is 4.47. The first-order valence-electron chi connectivity index (χ1n) is 6.23. The number of nitrogens with two attached hydrogens (primary N) is 1. The lowest BCUT2D eigenvalue weighted by molar-refractivity contribution is -0.122. The van der Waals surface area contributed by atoms with Gasteiger partial charge in [0.25, 0.3) is 0 Å². The largest absolute Gasteiger partial charge is 0.352 e. The van der Waals surface area contributed by atoms with Gasteiger partial charge in [0.1, 0.15) is 0 Å². The summed E-state index contributed by atoms with van der Waals surface area (Å²) in [5, 5.41) is 3.00. The molecule has 0 aliphatic heterocycles. The molecule has 1 amide bonds. The Morgan fingerprint density at radius 3 is 2.44 bits per heavy atom. The van der Waals surface area contributed by atoms with Crippen molar-refractivity contribution in [1.82, 2.24) is 5.32 Å². The van der Waals surface area contributed by atoms with E-state index in [1.54, 1.807) is 6.92 Å². The normalized spacial score (nSPS) is 13.3. The minimum atomic E-state index is -0.440. The molecule has 0 saturated carbocycles. The Hall–Kier alpha value is -1.06. The predicted molar refractivity (Wildman–Crippen MR) is 77.9 cm³/mol. The van der Waals surface area contributed by atoms with E-state index in [-0.39, 0.29) is 24.4 Å². The zero-order chi connectivity index (χ0) is 12.7. The SMILES string of the molecule is CCCC(Cc1ccccc1)NC(=O)[C@H](C)N.Cl. The van der Waals surface area contributed by atoms with E-state index in [2.05, 4.69) is 24.4 Å². The third-order valence-corrected chi connectivity index (χ3v) is 2.72. The maximum atomic E-state index is 11.6. The third kappa shape index (κ3) is 6.03. The van der Waals surface area contributed by atoms with Crippen LogP contribution in [0.2, 0.25) is 0 Å². The fourth-order valence-electron chi connectivity index (χ4n) is 1.80. The number of halogens is 1. The fraction of sp³-hybridized carbons (Fsp3) is 0.500. The molecule has 3 nitrogen and oxygen atoms in total. The molecule has 18 heavy (non-hydrogen) atoms. The Morgan fingerprint density at radius 2 is 1.94 bits per heavy atom. The molecule has 1 rings (SSSR count). The summed E-state index contributed by atoms with van der Waals surface area (Å²) in [5.41, 5.74) is 6.81. The van der Waals surface area contributed by atoms with Gasteiger partial charge in [-0.05, 0) is 25.3 Å². The van der Waals surface area contributed by atoms with Crippen molar-refractivity contribution >= 4 is 18.3 Å². The monoisotopic (exact) mass is 270 g/mol. The Bertz CT molecular complexity index is 341. The average Bonchev–Trinajstić information content (AvgIpc) is 2.30. The molecule has 4 heteroatoms. The summed E-state index contributed by atoms with van der Waals surface area (Å²) in [4.78, 5) is 11.6. The molecule has 1 aromatic carbocycles. The fourth-order valence-corrected chi connectivity index (χ4v) is 1.80. The molecule has 1 aromatic rings. The minimum Gasteiger partial charge on any atom is -0.352 e. The van der Waals surface area contributed by atoms with Crippen LogP contribution >= 0.6 is 12.4 Å². The van der Waals surface area contributed by atoms with Gasteiger partial charge in [0.2, 0.25) is 5.91 Å². The van der Waals surface area contributed by atoms with E-state index in [1.807, 2.05) is 18.2 Å². The highest BCUT2D eigenvalue weighted by Crippen LogP contribution is 2.07. The lowest BCUT2D eigenvalue weighted by atomic mass is 10.0. The zero-order valence-electron chi connectivity index (χ0n) is 11.1. The summed E-state index contributed by atoms with van der Waals surface area (Å²) in [6.45, 7) is 3.83. The molecule has 1 unspecified atom stereocenters. The van der Waals surface area contributed by atoms with Gasteiger partial charge < -0.3 is 11.1 Å². The molecule has 0 aliphatic rings. The molecule has 2 atom stereocenters. The maximum absolute atomic E-state index is 11.6. The van der Waals surface area contributed by atoms with Crippen LogP contribution in [-0.4, -0.2) is 18.0 Å². The molecule has 0 spiro atoms. The molecule has 0 aromatic heterocycles. The van der Waals surface area contributed by atoms with E-state index < -0.39 is 6.04 Å². The number of rotatable bonds is 6.